The van der Waals surface area contributed by atoms with E-state index in [1.54, 1.807) is 0 Å². The molecule has 1 aromatic carbocycles. The monoisotopic (exact) mass is 358 g/mol. The van der Waals surface area contributed by atoms with E-state index in [0.29, 0.717) is 11.8 Å². The molecular formula is C22H34N2O2. The van der Waals surface area contributed by atoms with Crippen LogP contribution >= 0.6 is 0 Å². The highest BCUT2D eigenvalue weighted by atomic mass is 16.2. The summed E-state index contributed by atoms with van der Waals surface area (Å²) in [6, 6.07) is 6.17. The number of para-hydroxylation sites is 1. The molecule has 0 saturated heterocycles. The van der Waals surface area contributed by atoms with Gasteiger partial charge in [-0.3, -0.25) is 9.59 Å². The Balaban J connectivity index is 1.92. The number of anilines is 1. The van der Waals surface area contributed by atoms with Crippen LogP contribution in [0.15, 0.2) is 18.2 Å². The summed E-state index contributed by atoms with van der Waals surface area (Å²) in [4.78, 5) is 25.0. The van der Waals surface area contributed by atoms with Gasteiger partial charge in [-0.15, -0.1) is 0 Å². The van der Waals surface area contributed by atoms with Crippen molar-refractivity contribution in [2.75, 3.05) is 11.9 Å². The summed E-state index contributed by atoms with van der Waals surface area (Å²) in [5.41, 5.74) is 3.25. The highest BCUT2D eigenvalue weighted by molar-refractivity contribution is 5.94. The molecule has 0 unspecified atom stereocenters. The van der Waals surface area contributed by atoms with Crippen molar-refractivity contribution < 1.29 is 9.59 Å². The summed E-state index contributed by atoms with van der Waals surface area (Å²) in [6.07, 6.45) is 3.17. The molecular weight excluding hydrogens is 324 g/mol. The van der Waals surface area contributed by atoms with Crippen LogP contribution in [0.1, 0.15) is 70.4 Å². The first-order chi connectivity index (χ1) is 12.3. The van der Waals surface area contributed by atoms with E-state index in [4.69, 9.17) is 0 Å². The predicted octanol–water partition coefficient (Wildman–Crippen LogP) is 4.64. The fraction of sp³-hybridized carbons (Fsp3) is 0.636. The molecule has 4 nitrogen and oxygen atoms in total. The lowest BCUT2D eigenvalue weighted by atomic mass is 9.81. The van der Waals surface area contributed by atoms with Crippen molar-refractivity contribution in [3.8, 4) is 0 Å². The van der Waals surface area contributed by atoms with Crippen molar-refractivity contribution in [1.29, 1.82) is 0 Å². The average Bonchev–Trinajstić information content (AvgIpc) is 2.61. The van der Waals surface area contributed by atoms with Crippen LogP contribution in [0.4, 0.5) is 5.69 Å². The second-order valence-electron chi connectivity index (χ2n) is 8.37. The first-order valence-electron chi connectivity index (χ1n) is 9.97. The smallest absolute Gasteiger partial charge is 0.227 e. The molecule has 144 valence electrons. The molecule has 1 saturated carbocycles. The van der Waals surface area contributed by atoms with Crippen molar-refractivity contribution in [2.24, 2.45) is 17.8 Å². The third-order valence-electron chi connectivity index (χ3n) is 5.33. The molecule has 1 fully saturated rings. The lowest BCUT2D eigenvalue weighted by molar-refractivity contribution is -0.128. The van der Waals surface area contributed by atoms with Crippen molar-refractivity contribution in [1.82, 2.24) is 5.32 Å². The first kappa shape index (κ1) is 20.5. The minimum atomic E-state index is 0.00349. The number of rotatable bonds is 6. The first-order valence-corrected chi connectivity index (χ1v) is 9.97. The second-order valence-corrected chi connectivity index (χ2v) is 8.37. The maximum atomic E-state index is 12.8. The van der Waals surface area contributed by atoms with E-state index in [-0.39, 0.29) is 23.7 Å². The molecule has 1 aliphatic carbocycles. The number of hydrogen-bond donors (Lipinski definition) is 2. The third kappa shape index (κ3) is 5.33. The van der Waals surface area contributed by atoms with Gasteiger partial charge in [-0.25, -0.2) is 0 Å². The maximum Gasteiger partial charge on any atom is 0.227 e. The second kappa shape index (κ2) is 9.20. The van der Waals surface area contributed by atoms with Crippen LogP contribution in [0.3, 0.4) is 0 Å². The van der Waals surface area contributed by atoms with Crippen LogP contribution in [0.25, 0.3) is 0 Å². The summed E-state index contributed by atoms with van der Waals surface area (Å²) in [5, 5.41) is 6.20. The van der Waals surface area contributed by atoms with Crippen molar-refractivity contribution in [2.45, 2.75) is 66.2 Å². The van der Waals surface area contributed by atoms with Crippen LogP contribution in [-0.2, 0) is 9.59 Å². The van der Waals surface area contributed by atoms with Gasteiger partial charge in [-0.05, 0) is 55.6 Å². The Morgan fingerprint density at radius 1 is 1.00 bits per heavy atom. The molecule has 0 aromatic heterocycles. The SMILES string of the molecule is Cc1cccc(C(C)C)c1NC(=O)C1CCC(C(=O)NCC(C)C)CC1. The van der Waals surface area contributed by atoms with Crippen molar-refractivity contribution in [3.63, 3.8) is 0 Å². The lowest BCUT2D eigenvalue weighted by Gasteiger charge is -2.28. The van der Waals surface area contributed by atoms with Gasteiger partial charge in [-0.2, -0.15) is 0 Å². The van der Waals surface area contributed by atoms with Gasteiger partial charge in [0.1, 0.15) is 0 Å². The molecule has 4 heteroatoms. The number of hydrogen-bond acceptors (Lipinski definition) is 2. The van der Waals surface area contributed by atoms with Gasteiger partial charge in [0.15, 0.2) is 0 Å². The molecule has 0 aliphatic heterocycles. The molecule has 1 aromatic rings. The maximum absolute atomic E-state index is 12.8. The zero-order chi connectivity index (χ0) is 19.3. The van der Waals surface area contributed by atoms with E-state index in [1.165, 1.54) is 5.56 Å². The largest absolute Gasteiger partial charge is 0.356 e. The molecule has 1 aliphatic rings. The molecule has 2 rings (SSSR count). The molecule has 2 N–H and O–H groups in total. The standard InChI is InChI=1S/C22H34N2O2/c1-14(2)13-23-21(25)17-9-11-18(12-10-17)22(26)24-20-16(5)7-6-8-19(20)15(3)4/h6-8,14-15,17-18H,9-13H2,1-5H3,(H,23,25)(H,24,26). The zero-order valence-electron chi connectivity index (χ0n) is 16.9. The topological polar surface area (TPSA) is 58.2 Å². The van der Waals surface area contributed by atoms with Crippen LogP contribution in [0.2, 0.25) is 0 Å². The Bertz CT molecular complexity index is 629. The van der Waals surface area contributed by atoms with E-state index < -0.39 is 0 Å². The fourth-order valence-electron chi connectivity index (χ4n) is 3.63. The lowest BCUT2D eigenvalue weighted by Crippen LogP contribution is -2.37. The third-order valence-corrected chi connectivity index (χ3v) is 5.33. The highest BCUT2D eigenvalue weighted by Gasteiger charge is 2.30. The van der Waals surface area contributed by atoms with E-state index >= 15 is 0 Å². The number of amides is 2. The van der Waals surface area contributed by atoms with Gasteiger partial charge in [0, 0.05) is 24.1 Å². The Morgan fingerprint density at radius 2 is 1.58 bits per heavy atom. The number of aryl methyl sites for hydroxylation is 1. The summed E-state index contributed by atoms with van der Waals surface area (Å²) >= 11 is 0. The molecule has 0 heterocycles. The van der Waals surface area contributed by atoms with Gasteiger partial charge < -0.3 is 10.6 Å². The quantitative estimate of drug-likeness (QED) is 0.778. The number of carbonyl (C=O) groups excluding carboxylic acids is 2. The summed E-state index contributed by atoms with van der Waals surface area (Å²) in [7, 11) is 0. The molecule has 26 heavy (non-hydrogen) atoms. The molecule has 2 amide bonds. The molecule has 0 atom stereocenters. The van der Waals surface area contributed by atoms with E-state index in [0.717, 1.165) is 43.5 Å². The van der Waals surface area contributed by atoms with Crippen molar-refractivity contribution in [3.05, 3.63) is 29.3 Å². The van der Waals surface area contributed by atoms with Crippen molar-refractivity contribution >= 4 is 17.5 Å². The fourth-order valence-corrected chi connectivity index (χ4v) is 3.63. The average molecular weight is 359 g/mol. The van der Waals surface area contributed by atoms with E-state index in [1.807, 2.05) is 19.1 Å². The van der Waals surface area contributed by atoms with Gasteiger partial charge in [0.2, 0.25) is 11.8 Å². The minimum Gasteiger partial charge on any atom is -0.356 e. The summed E-state index contributed by atoms with van der Waals surface area (Å²) < 4.78 is 0. The molecule has 0 spiro atoms. The van der Waals surface area contributed by atoms with Gasteiger partial charge >= 0.3 is 0 Å². The minimum absolute atomic E-state index is 0.00349. The summed E-state index contributed by atoms with van der Waals surface area (Å²) in [6.45, 7) is 11.2. The Labute approximate surface area is 158 Å². The number of carbonyl (C=O) groups is 2. The number of benzene rings is 1. The van der Waals surface area contributed by atoms with Gasteiger partial charge in [-0.1, -0.05) is 45.9 Å². The number of nitrogens with one attached hydrogen (secondary N) is 2. The normalized spacial score (nSPS) is 20.3. The Hall–Kier alpha value is -1.84. The molecule has 0 radical (unpaired) electrons. The predicted molar refractivity (Wildman–Crippen MR) is 107 cm³/mol. The van der Waals surface area contributed by atoms with E-state index in [9.17, 15) is 9.59 Å². The Morgan fingerprint density at radius 3 is 2.12 bits per heavy atom. The van der Waals surface area contributed by atoms with Crippen LogP contribution < -0.4 is 10.6 Å². The zero-order valence-corrected chi connectivity index (χ0v) is 16.9. The van der Waals surface area contributed by atoms with Crippen LogP contribution in [-0.4, -0.2) is 18.4 Å². The van der Waals surface area contributed by atoms with Gasteiger partial charge in [0.25, 0.3) is 0 Å². The highest BCUT2D eigenvalue weighted by Crippen LogP contribution is 2.32. The van der Waals surface area contributed by atoms with E-state index in [2.05, 4.69) is 44.4 Å². The van der Waals surface area contributed by atoms with Crippen LogP contribution in [0.5, 0.6) is 0 Å². The molecule has 0 bridgehead atoms. The van der Waals surface area contributed by atoms with Crippen LogP contribution in [0, 0.1) is 24.7 Å². The summed E-state index contributed by atoms with van der Waals surface area (Å²) in [5.74, 6) is 1.14. The Kier molecular flexibility index (Phi) is 7.24. The van der Waals surface area contributed by atoms with Gasteiger partial charge in [0.05, 0.1) is 0 Å².